The maximum atomic E-state index is 13.0. The molecule has 0 bridgehead atoms. The minimum atomic E-state index is -3.59. The van der Waals surface area contributed by atoms with Gasteiger partial charge in [-0.05, 0) is 30.9 Å². The van der Waals surface area contributed by atoms with Crippen molar-refractivity contribution in [1.82, 2.24) is 24.4 Å². The molecule has 10 heteroatoms. The first-order valence-electron chi connectivity index (χ1n) is 9.29. The molecule has 2 aromatic heterocycles. The van der Waals surface area contributed by atoms with E-state index in [0.29, 0.717) is 42.7 Å². The molecule has 0 radical (unpaired) electrons. The van der Waals surface area contributed by atoms with E-state index in [2.05, 4.69) is 20.1 Å². The Morgan fingerprint density at radius 1 is 1.31 bits per heavy atom. The van der Waals surface area contributed by atoms with Gasteiger partial charge in [-0.3, -0.25) is 4.98 Å². The van der Waals surface area contributed by atoms with Crippen molar-refractivity contribution >= 4 is 10.0 Å². The quantitative estimate of drug-likeness (QED) is 0.602. The van der Waals surface area contributed by atoms with E-state index < -0.39 is 10.0 Å². The molecular weight excluding hydrogens is 394 g/mol. The average Bonchev–Trinajstić information content (AvgIpc) is 3.23. The average molecular weight is 415 g/mol. The molecule has 0 spiro atoms. The zero-order valence-corrected chi connectivity index (χ0v) is 16.7. The van der Waals surface area contributed by atoms with Gasteiger partial charge in [0.25, 0.3) is 5.89 Å². The van der Waals surface area contributed by atoms with Crippen LogP contribution in [-0.4, -0.2) is 53.0 Å². The van der Waals surface area contributed by atoms with E-state index in [1.807, 2.05) is 0 Å². The molecule has 4 rings (SSSR count). The SMILES string of the molecule is COc1cccc(S(=O)(=O)N2CCCC(Cc3noc(-c4cnccn4)n3)C2)c1. The zero-order chi connectivity index (χ0) is 20.3. The molecular formula is C19H21N5O4S. The summed E-state index contributed by atoms with van der Waals surface area (Å²) in [4.78, 5) is 12.8. The molecule has 0 amide bonds. The zero-order valence-electron chi connectivity index (χ0n) is 15.9. The minimum absolute atomic E-state index is 0.108. The molecule has 1 aliphatic rings. The molecule has 0 N–H and O–H groups in total. The predicted octanol–water partition coefficient (Wildman–Crippen LogP) is 2.18. The molecule has 1 fully saturated rings. The molecule has 0 aliphatic carbocycles. The van der Waals surface area contributed by atoms with Gasteiger partial charge < -0.3 is 9.26 Å². The highest BCUT2D eigenvalue weighted by Gasteiger charge is 2.31. The Hall–Kier alpha value is -2.85. The van der Waals surface area contributed by atoms with Crippen molar-refractivity contribution in [1.29, 1.82) is 0 Å². The Morgan fingerprint density at radius 3 is 3.00 bits per heavy atom. The first kappa shape index (κ1) is 19.5. The number of sulfonamides is 1. The van der Waals surface area contributed by atoms with E-state index in [9.17, 15) is 8.42 Å². The van der Waals surface area contributed by atoms with Crippen LogP contribution in [0, 0.1) is 5.92 Å². The van der Waals surface area contributed by atoms with E-state index >= 15 is 0 Å². The first-order chi connectivity index (χ1) is 14.1. The van der Waals surface area contributed by atoms with Crippen LogP contribution >= 0.6 is 0 Å². The molecule has 152 valence electrons. The van der Waals surface area contributed by atoms with Gasteiger partial charge in [-0.1, -0.05) is 11.2 Å². The molecule has 9 nitrogen and oxygen atoms in total. The second-order valence-electron chi connectivity index (χ2n) is 6.86. The lowest BCUT2D eigenvalue weighted by atomic mass is 9.96. The topological polar surface area (TPSA) is 111 Å². The van der Waals surface area contributed by atoms with Gasteiger partial charge in [0, 0.05) is 38.0 Å². The first-order valence-corrected chi connectivity index (χ1v) is 10.7. The van der Waals surface area contributed by atoms with Gasteiger partial charge in [-0.2, -0.15) is 9.29 Å². The minimum Gasteiger partial charge on any atom is -0.497 e. The van der Waals surface area contributed by atoms with E-state index in [0.717, 1.165) is 12.8 Å². The van der Waals surface area contributed by atoms with E-state index in [1.54, 1.807) is 42.9 Å². The molecule has 1 atom stereocenters. The van der Waals surface area contributed by atoms with Gasteiger partial charge >= 0.3 is 0 Å². The number of methoxy groups -OCH3 is 1. The van der Waals surface area contributed by atoms with E-state index in [1.165, 1.54) is 11.4 Å². The van der Waals surface area contributed by atoms with Crippen LogP contribution in [0.5, 0.6) is 5.75 Å². The van der Waals surface area contributed by atoms with Crippen molar-refractivity contribution in [3.8, 4) is 17.3 Å². The monoisotopic (exact) mass is 415 g/mol. The Labute approximate surface area is 168 Å². The van der Waals surface area contributed by atoms with Crippen LogP contribution < -0.4 is 4.74 Å². The van der Waals surface area contributed by atoms with Crippen LogP contribution in [0.2, 0.25) is 0 Å². The number of aromatic nitrogens is 4. The summed E-state index contributed by atoms with van der Waals surface area (Å²) in [6.07, 6.45) is 6.90. The molecule has 3 aromatic rings. The molecule has 3 heterocycles. The van der Waals surface area contributed by atoms with Crippen molar-refractivity contribution < 1.29 is 17.7 Å². The number of piperidine rings is 1. The second-order valence-corrected chi connectivity index (χ2v) is 8.80. The van der Waals surface area contributed by atoms with Crippen molar-refractivity contribution in [3.63, 3.8) is 0 Å². The number of hydrogen-bond donors (Lipinski definition) is 0. The normalized spacial score (nSPS) is 17.9. The van der Waals surface area contributed by atoms with Crippen molar-refractivity contribution in [2.75, 3.05) is 20.2 Å². The van der Waals surface area contributed by atoms with Gasteiger partial charge in [-0.15, -0.1) is 0 Å². The summed E-state index contributed by atoms with van der Waals surface area (Å²) < 4.78 is 38.1. The Kier molecular flexibility index (Phi) is 5.54. The summed E-state index contributed by atoms with van der Waals surface area (Å²) in [5, 5.41) is 4.02. The third-order valence-corrected chi connectivity index (χ3v) is 6.74. The van der Waals surface area contributed by atoms with Crippen LogP contribution in [0.3, 0.4) is 0 Å². The summed E-state index contributed by atoms with van der Waals surface area (Å²) in [6, 6.07) is 6.54. The highest BCUT2D eigenvalue weighted by Crippen LogP contribution is 2.27. The fourth-order valence-electron chi connectivity index (χ4n) is 3.43. The van der Waals surface area contributed by atoms with Gasteiger partial charge in [0.15, 0.2) is 5.82 Å². The van der Waals surface area contributed by atoms with Gasteiger partial charge in [0.2, 0.25) is 10.0 Å². The summed E-state index contributed by atoms with van der Waals surface area (Å²) in [5.41, 5.74) is 0.511. The highest BCUT2D eigenvalue weighted by atomic mass is 32.2. The van der Waals surface area contributed by atoms with Crippen LogP contribution in [-0.2, 0) is 16.4 Å². The van der Waals surface area contributed by atoms with Gasteiger partial charge in [-0.25, -0.2) is 13.4 Å². The predicted molar refractivity (Wildman–Crippen MR) is 104 cm³/mol. The largest absolute Gasteiger partial charge is 0.497 e. The summed E-state index contributed by atoms with van der Waals surface area (Å²) in [7, 11) is -2.07. The lowest BCUT2D eigenvalue weighted by molar-refractivity contribution is 0.261. The summed E-state index contributed by atoms with van der Waals surface area (Å²) in [5.74, 6) is 1.47. The molecule has 1 unspecified atom stereocenters. The molecule has 1 aliphatic heterocycles. The Balaban J connectivity index is 1.46. The van der Waals surface area contributed by atoms with Crippen molar-refractivity contribution in [3.05, 3.63) is 48.7 Å². The third kappa shape index (κ3) is 4.28. The van der Waals surface area contributed by atoms with Crippen LogP contribution in [0.25, 0.3) is 11.6 Å². The number of rotatable bonds is 6. The number of nitrogens with zero attached hydrogens (tertiary/aromatic N) is 5. The highest BCUT2D eigenvalue weighted by molar-refractivity contribution is 7.89. The number of hydrogen-bond acceptors (Lipinski definition) is 8. The molecule has 1 saturated heterocycles. The number of benzene rings is 1. The molecule has 1 aromatic carbocycles. The van der Waals surface area contributed by atoms with Crippen LogP contribution in [0.15, 0.2) is 52.3 Å². The van der Waals surface area contributed by atoms with E-state index in [4.69, 9.17) is 9.26 Å². The van der Waals surface area contributed by atoms with E-state index in [-0.39, 0.29) is 10.8 Å². The third-order valence-electron chi connectivity index (χ3n) is 4.88. The van der Waals surface area contributed by atoms with Gasteiger partial charge in [0.1, 0.15) is 11.4 Å². The van der Waals surface area contributed by atoms with Gasteiger partial charge in [0.05, 0.1) is 18.2 Å². The fourth-order valence-corrected chi connectivity index (χ4v) is 5.02. The van der Waals surface area contributed by atoms with Crippen molar-refractivity contribution in [2.24, 2.45) is 5.92 Å². The van der Waals surface area contributed by atoms with Crippen molar-refractivity contribution in [2.45, 2.75) is 24.2 Å². The maximum absolute atomic E-state index is 13.0. The number of ether oxygens (including phenoxy) is 1. The van der Waals surface area contributed by atoms with Crippen LogP contribution in [0.4, 0.5) is 0 Å². The molecule has 29 heavy (non-hydrogen) atoms. The summed E-state index contributed by atoms with van der Waals surface area (Å²) in [6.45, 7) is 0.904. The fraction of sp³-hybridized carbons (Fsp3) is 0.368. The smallest absolute Gasteiger partial charge is 0.278 e. The Morgan fingerprint density at radius 2 is 2.21 bits per heavy atom. The Bertz CT molecular complexity index is 1070. The standard InChI is InChI=1S/C19H21N5O4S/c1-27-15-5-2-6-16(11-15)29(25,26)24-9-3-4-14(13-24)10-18-22-19(28-23-18)17-12-20-7-8-21-17/h2,5-8,11-12,14H,3-4,9-10,13H2,1H3. The lowest BCUT2D eigenvalue weighted by Crippen LogP contribution is -2.40. The second kappa shape index (κ2) is 8.26. The maximum Gasteiger partial charge on any atom is 0.278 e. The van der Waals surface area contributed by atoms with Crippen LogP contribution in [0.1, 0.15) is 18.7 Å². The lowest BCUT2D eigenvalue weighted by Gasteiger charge is -2.31. The molecule has 0 saturated carbocycles. The summed E-state index contributed by atoms with van der Waals surface area (Å²) >= 11 is 0.